The zero-order valence-corrected chi connectivity index (χ0v) is 53.5. The van der Waals surface area contributed by atoms with Gasteiger partial charge in [-0.1, -0.05) is 283 Å². The summed E-state index contributed by atoms with van der Waals surface area (Å²) in [5.41, 5.74) is 0. The molecule has 0 spiro atoms. The van der Waals surface area contributed by atoms with Gasteiger partial charge in [0.1, 0.15) is 13.2 Å². The molecule has 82 heavy (non-hydrogen) atoms. The molecule has 0 rings (SSSR count). The second kappa shape index (κ2) is 69.0. The monoisotopic (exact) mass is 1130 g/mol. The first-order chi connectivity index (χ1) is 40.5. The number of carbonyl (C=O) groups excluding carboxylic acids is 3. The van der Waals surface area contributed by atoms with Crippen molar-refractivity contribution in [2.24, 2.45) is 0 Å². The van der Waals surface area contributed by atoms with Crippen molar-refractivity contribution in [2.45, 2.75) is 316 Å². The van der Waals surface area contributed by atoms with E-state index < -0.39 is 6.10 Å². The molecule has 0 fully saturated rings. The third kappa shape index (κ3) is 66.4. The minimum Gasteiger partial charge on any atom is -0.462 e. The lowest BCUT2D eigenvalue weighted by Crippen LogP contribution is -2.30. The highest BCUT2D eigenvalue weighted by Gasteiger charge is 2.19. The van der Waals surface area contributed by atoms with Gasteiger partial charge in [-0.3, -0.25) is 14.4 Å². The van der Waals surface area contributed by atoms with Crippen LogP contribution in [0.5, 0.6) is 0 Å². The van der Waals surface area contributed by atoms with Gasteiger partial charge >= 0.3 is 17.9 Å². The predicted molar refractivity (Wildman–Crippen MR) is 357 cm³/mol. The molecule has 6 heteroatoms. The Hall–Kier alpha value is -4.45. The molecular weight excluding hydrogens is 1010 g/mol. The van der Waals surface area contributed by atoms with Gasteiger partial charge in [-0.25, -0.2) is 0 Å². The van der Waals surface area contributed by atoms with Gasteiger partial charge in [0.15, 0.2) is 6.10 Å². The van der Waals surface area contributed by atoms with Crippen LogP contribution in [0.15, 0.2) is 134 Å². The fourth-order valence-corrected chi connectivity index (χ4v) is 9.25. The average molecular weight is 1140 g/mol. The molecule has 0 aliphatic heterocycles. The van der Waals surface area contributed by atoms with Gasteiger partial charge in [0.2, 0.25) is 0 Å². The van der Waals surface area contributed by atoms with Crippen LogP contribution in [0.3, 0.4) is 0 Å². The van der Waals surface area contributed by atoms with E-state index in [2.05, 4.69) is 154 Å². The lowest BCUT2D eigenvalue weighted by Gasteiger charge is -2.18. The average Bonchev–Trinajstić information content (AvgIpc) is 3.47. The normalized spacial score (nSPS) is 13.0. The number of hydrogen-bond acceptors (Lipinski definition) is 6. The van der Waals surface area contributed by atoms with E-state index in [1.54, 1.807) is 0 Å². The van der Waals surface area contributed by atoms with E-state index in [1.165, 1.54) is 135 Å². The summed E-state index contributed by atoms with van der Waals surface area (Å²) in [7, 11) is 0. The Morgan fingerprint density at radius 3 is 0.756 bits per heavy atom. The summed E-state index contributed by atoms with van der Waals surface area (Å²) in [6, 6.07) is 0. The Morgan fingerprint density at radius 2 is 0.476 bits per heavy atom. The van der Waals surface area contributed by atoms with Gasteiger partial charge in [-0.15, -0.1) is 0 Å². The molecule has 0 saturated heterocycles. The highest BCUT2D eigenvalue weighted by atomic mass is 16.6. The lowest BCUT2D eigenvalue weighted by atomic mass is 10.1. The molecule has 0 aromatic rings. The molecule has 6 nitrogen and oxygen atoms in total. The summed E-state index contributed by atoms with van der Waals surface area (Å²) in [5.74, 6) is -0.927. The Balaban J connectivity index is 4.41. The van der Waals surface area contributed by atoms with E-state index in [0.717, 1.165) is 135 Å². The van der Waals surface area contributed by atoms with Crippen molar-refractivity contribution in [3.05, 3.63) is 134 Å². The highest BCUT2D eigenvalue weighted by Crippen LogP contribution is 2.15. The SMILES string of the molecule is CC/C=C\C/C=C\C/C=C\C/C=C\C/C=C\C/C=C\C/C=C\C/C=C\CCCCCCC(=O)OCC(COC(=O)CCCCCCC/C=C\CCCCCCC)OC(=O)CCCCCCCCCCC/C=C\C/C=C\CCCCCCC. The minimum atomic E-state index is -0.801. The second-order valence-electron chi connectivity index (χ2n) is 22.3. The first-order valence-electron chi connectivity index (χ1n) is 34.2. The van der Waals surface area contributed by atoms with Gasteiger partial charge in [0.05, 0.1) is 0 Å². The lowest BCUT2D eigenvalue weighted by molar-refractivity contribution is -0.167. The van der Waals surface area contributed by atoms with Crippen molar-refractivity contribution in [3.63, 3.8) is 0 Å². The van der Waals surface area contributed by atoms with Crippen LogP contribution in [-0.4, -0.2) is 37.2 Å². The molecule has 0 saturated carbocycles. The number of unbranched alkanes of at least 4 members (excludes halogenated alkanes) is 28. The van der Waals surface area contributed by atoms with Gasteiger partial charge < -0.3 is 14.2 Å². The summed E-state index contributed by atoms with van der Waals surface area (Å²) in [6.45, 7) is 6.49. The van der Waals surface area contributed by atoms with Crippen molar-refractivity contribution in [1.82, 2.24) is 0 Å². The zero-order valence-electron chi connectivity index (χ0n) is 53.5. The first kappa shape index (κ1) is 77.5. The molecule has 0 bridgehead atoms. The van der Waals surface area contributed by atoms with Gasteiger partial charge in [0, 0.05) is 19.3 Å². The number of rotatable bonds is 61. The number of allylic oxidation sites excluding steroid dienone is 22. The minimum absolute atomic E-state index is 0.0947. The summed E-state index contributed by atoms with van der Waals surface area (Å²) in [5, 5.41) is 0. The molecule has 1 atom stereocenters. The molecular formula is C76H126O6. The second-order valence-corrected chi connectivity index (χ2v) is 22.3. The highest BCUT2D eigenvalue weighted by molar-refractivity contribution is 5.71. The molecule has 0 heterocycles. The fraction of sp³-hybridized carbons (Fsp3) is 0.671. The molecule has 1 unspecified atom stereocenters. The van der Waals surface area contributed by atoms with Crippen LogP contribution in [0.2, 0.25) is 0 Å². The van der Waals surface area contributed by atoms with Crippen LogP contribution < -0.4 is 0 Å². The molecule has 0 aliphatic carbocycles. The molecule has 0 aromatic heterocycles. The van der Waals surface area contributed by atoms with Crippen molar-refractivity contribution < 1.29 is 28.6 Å². The van der Waals surface area contributed by atoms with Crippen LogP contribution in [0.25, 0.3) is 0 Å². The Morgan fingerprint density at radius 1 is 0.256 bits per heavy atom. The van der Waals surface area contributed by atoms with Crippen LogP contribution in [0.1, 0.15) is 310 Å². The van der Waals surface area contributed by atoms with E-state index in [1.807, 2.05) is 0 Å². The molecule has 0 amide bonds. The maximum atomic E-state index is 12.9. The van der Waals surface area contributed by atoms with E-state index in [4.69, 9.17) is 14.2 Å². The molecule has 466 valence electrons. The quantitative estimate of drug-likeness (QED) is 0.0261. The Labute approximate surface area is 506 Å². The van der Waals surface area contributed by atoms with Crippen molar-refractivity contribution in [2.75, 3.05) is 13.2 Å². The smallest absolute Gasteiger partial charge is 0.306 e. The largest absolute Gasteiger partial charge is 0.462 e. The third-order valence-electron chi connectivity index (χ3n) is 14.4. The predicted octanol–water partition coefficient (Wildman–Crippen LogP) is 23.7. The Kier molecular flexibility index (Phi) is 65.3. The van der Waals surface area contributed by atoms with Crippen LogP contribution in [0, 0.1) is 0 Å². The number of esters is 3. The topological polar surface area (TPSA) is 78.9 Å². The van der Waals surface area contributed by atoms with Crippen LogP contribution in [-0.2, 0) is 28.6 Å². The maximum absolute atomic E-state index is 12.9. The maximum Gasteiger partial charge on any atom is 0.306 e. The van der Waals surface area contributed by atoms with Crippen LogP contribution >= 0.6 is 0 Å². The number of carbonyl (C=O) groups is 3. The standard InChI is InChI=1S/C76H126O6/c1-4-7-10-13-16-19-22-25-28-30-32-34-35-36-37-38-39-40-41-43-44-46-48-51-54-57-60-63-66-69-75(78)81-72-73(71-80-74(77)68-65-62-59-56-53-50-27-24-21-18-15-12-9-6-3)82-76(79)70-67-64-61-58-55-52-49-47-45-42-33-31-29-26-23-20-17-14-11-8-5-2/h7,10,16,19,23-28,31-34,36-37,39-40,43-44,48,51,73H,4-6,8-9,11-15,17-18,20-22,29-30,35,38,41-42,45-47,49-50,52-72H2,1-3H3/b10-7-,19-16-,26-23-,27-24-,28-25-,33-31-,34-32-,37-36-,40-39-,44-43-,51-48-. The summed E-state index contributed by atoms with van der Waals surface area (Å²) in [6.07, 6.45) is 97.4. The van der Waals surface area contributed by atoms with Gasteiger partial charge in [-0.05, 0) is 141 Å². The summed E-state index contributed by atoms with van der Waals surface area (Å²) in [4.78, 5) is 38.4. The van der Waals surface area contributed by atoms with Gasteiger partial charge in [0.25, 0.3) is 0 Å². The fourth-order valence-electron chi connectivity index (χ4n) is 9.25. The van der Waals surface area contributed by atoms with E-state index in [0.29, 0.717) is 19.3 Å². The molecule has 0 radical (unpaired) electrons. The van der Waals surface area contributed by atoms with E-state index >= 15 is 0 Å². The van der Waals surface area contributed by atoms with Crippen molar-refractivity contribution in [1.29, 1.82) is 0 Å². The summed E-state index contributed by atoms with van der Waals surface area (Å²) < 4.78 is 16.9. The molecule has 0 aliphatic rings. The Bertz CT molecular complexity index is 1730. The molecule has 0 N–H and O–H groups in total. The van der Waals surface area contributed by atoms with Crippen LogP contribution in [0.4, 0.5) is 0 Å². The van der Waals surface area contributed by atoms with Crippen molar-refractivity contribution >= 4 is 17.9 Å². The van der Waals surface area contributed by atoms with E-state index in [9.17, 15) is 14.4 Å². The van der Waals surface area contributed by atoms with Gasteiger partial charge in [-0.2, -0.15) is 0 Å². The third-order valence-corrected chi connectivity index (χ3v) is 14.4. The first-order valence-corrected chi connectivity index (χ1v) is 34.2. The van der Waals surface area contributed by atoms with Crippen molar-refractivity contribution in [3.8, 4) is 0 Å². The number of ether oxygens (including phenoxy) is 3. The number of hydrogen-bond donors (Lipinski definition) is 0. The molecule has 0 aromatic carbocycles. The zero-order chi connectivity index (χ0) is 59.2. The van der Waals surface area contributed by atoms with E-state index in [-0.39, 0.29) is 31.1 Å². The summed E-state index contributed by atoms with van der Waals surface area (Å²) >= 11 is 0.